The molecule has 3 nitrogen and oxygen atoms in total. The summed E-state index contributed by atoms with van der Waals surface area (Å²) in [5, 5.41) is 4.30. The van der Waals surface area contributed by atoms with Crippen LogP contribution in [-0.4, -0.2) is 16.4 Å². The Morgan fingerprint density at radius 1 is 1.08 bits per heavy atom. The molecule has 0 radical (unpaired) electrons. The molecule has 0 spiro atoms. The number of hydrogen-bond donors (Lipinski definition) is 0. The minimum Gasteiger partial charge on any atom is -0.357 e. The fraction of sp³-hybridized carbons (Fsp3) is 0.476. The van der Waals surface area contributed by atoms with Crippen molar-refractivity contribution < 1.29 is 13.5 Å². The zero-order valence-corrected chi connectivity index (χ0v) is 14.9. The Labute approximate surface area is 152 Å². The summed E-state index contributed by atoms with van der Waals surface area (Å²) in [6.07, 6.45) is 9.72. The van der Waals surface area contributed by atoms with Crippen molar-refractivity contribution in [1.82, 2.24) is 9.78 Å². The molecular formula is C21H24F2N2O. The Morgan fingerprint density at radius 2 is 1.88 bits per heavy atom. The van der Waals surface area contributed by atoms with Crippen LogP contribution in [0, 0.1) is 11.6 Å². The number of ether oxygens (including phenoxy) is 1. The number of rotatable bonds is 3. The fourth-order valence-electron chi connectivity index (χ4n) is 4.01. The third-order valence-electron chi connectivity index (χ3n) is 5.61. The average Bonchev–Trinajstić information content (AvgIpc) is 3.15. The largest absolute Gasteiger partial charge is 0.357 e. The van der Waals surface area contributed by atoms with Crippen LogP contribution in [0.5, 0.6) is 0 Å². The van der Waals surface area contributed by atoms with Crippen molar-refractivity contribution in [3.63, 3.8) is 0 Å². The molecule has 5 heteroatoms. The van der Waals surface area contributed by atoms with Crippen LogP contribution in [0.25, 0.3) is 11.1 Å². The third kappa shape index (κ3) is 3.32. The van der Waals surface area contributed by atoms with Gasteiger partial charge in [-0.2, -0.15) is 5.10 Å². The van der Waals surface area contributed by atoms with Crippen molar-refractivity contribution in [3.8, 4) is 11.1 Å². The molecule has 1 aliphatic heterocycles. The molecule has 138 valence electrons. The molecule has 2 aliphatic rings. The minimum atomic E-state index is -0.781. The molecule has 26 heavy (non-hydrogen) atoms. The van der Waals surface area contributed by atoms with Gasteiger partial charge in [0.25, 0.3) is 0 Å². The van der Waals surface area contributed by atoms with E-state index in [-0.39, 0.29) is 17.7 Å². The Bertz CT molecular complexity index is 798. The molecule has 1 saturated carbocycles. The maximum absolute atomic E-state index is 14.8. The smallest absolute Gasteiger partial charge is 0.167 e. The molecule has 1 aromatic carbocycles. The lowest BCUT2D eigenvalue weighted by atomic mass is 9.81. The van der Waals surface area contributed by atoms with Crippen molar-refractivity contribution in [2.75, 3.05) is 6.61 Å². The van der Waals surface area contributed by atoms with E-state index in [1.54, 1.807) is 29.2 Å². The standard InChI is InChI=1S/C21H24F2N2O/c1-14-5-7-15(8-6-14)17-9-10-18(21(23)20(17)22)16-12-24-25(13-16)19-4-2-3-11-26-19/h9-10,12-13,15,19H,1-8,11H2. The van der Waals surface area contributed by atoms with Crippen molar-refractivity contribution in [2.45, 2.75) is 57.1 Å². The summed E-state index contributed by atoms with van der Waals surface area (Å²) in [5.41, 5.74) is 2.53. The van der Waals surface area contributed by atoms with E-state index in [1.165, 1.54) is 5.57 Å². The first-order valence-electron chi connectivity index (χ1n) is 9.44. The highest BCUT2D eigenvalue weighted by molar-refractivity contribution is 5.63. The zero-order chi connectivity index (χ0) is 18.1. The molecule has 1 unspecified atom stereocenters. The monoisotopic (exact) mass is 358 g/mol. The van der Waals surface area contributed by atoms with E-state index in [9.17, 15) is 8.78 Å². The van der Waals surface area contributed by atoms with Gasteiger partial charge in [0, 0.05) is 23.9 Å². The predicted molar refractivity (Wildman–Crippen MR) is 96.8 cm³/mol. The van der Waals surface area contributed by atoms with Gasteiger partial charge in [0.05, 0.1) is 6.20 Å². The lowest BCUT2D eigenvalue weighted by Crippen LogP contribution is -2.18. The van der Waals surface area contributed by atoms with Gasteiger partial charge in [0.1, 0.15) is 6.23 Å². The van der Waals surface area contributed by atoms with Gasteiger partial charge in [-0.25, -0.2) is 13.5 Å². The second-order valence-electron chi connectivity index (χ2n) is 7.38. The summed E-state index contributed by atoms with van der Waals surface area (Å²) in [6.45, 7) is 4.70. The molecule has 2 aromatic rings. The number of aromatic nitrogens is 2. The van der Waals surface area contributed by atoms with E-state index in [2.05, 4.69) is 11.7 Å². The van der Waals surface area contributed by atoms with Gasteiger partial charge < -0.3 is 4.74 Å². The number of allylic oxidation sites excluding steroid dienone is 1. The van der Waals surface area contributed by atoms with Crippen molar-refractivity contribution in [1.29, 1.82) is 0 Å². The summed E-state index contributed by atoms with van der Waals surface area (Å²) in [6, 6.07) is 3.42. The second kappa shape index (κ2) is 7.31. The van der Waals surface area contributed by atoms with Crippen molar-refractivity contribution >= 4 is 0 Å². The Kier molecular flexibility index (Phi) is 4.90. The normalized spacial score (nSPS) is 21.9. The molecule has 1 saturated heterocycles. The molecule has 0 bridgehead atoms. The Morgan fingerprint density at radius 3 is 2.62 bits per heavy atom. The maximum atomic E-state index is 14.8. The maximum Gasteiger partial charge on any atom is 0.167 e. The highest BCUT2D eigenvalue weighted by Gasteiger charge is 2.24. The van der Waals surface area contributed by atoms with Gasteiger partial charge in [-0.15, -0.1) is 0 Å². The number of nitrogens with zero attached hydrogens (tertiary/aromatic N) is 2. The lowest BCUT2D eigenvalue weighted by molar-refractivity contribution is -0.0394. The third-order valence-corrected chi connectivity index (χ3v) is 5.61. The van der Waals surface area contributed by atoms with E-state index in [0.29, 0.717) is 17.7 Å². The summed E-state index contributed by atoms with van der Waals surface area (Å²) < 4.78 is 36.9. The molecular weight excluding hydrogens is 334 g/mol. The number of halogens is 2. The second-order valence-corrected chi connectivity index (χ2v) is 7.38. The van der Waals surface area contributed by atoms with E-state index in [4.69, 9.17) is 4.74 Å². The fourth-order valence-corrected chi connectivity index (χ4v) is 4.01. The first kappa shape index (κ1) is 17.4. The van der Waals surface area contributed by atoms with Crippen LogP contribution in [0.1, 0.15) is 62.7 Å². The van der Waals surface area contributed by atoms with Gasteiger partial charge in [0.2, 0.25) is 0 Å². The molecule has 1 aromatic heterocycles. The molecule has 0 N–H and O–H groups in total. The topological polar surface area (TPSA) is 27.1 Å². The van der Waals surface area contributed by atoms with Crippen LogP contribution in [-0.2, 0) is 4.74 Å². The molecule has 2 heterocycles. The van der Waals surface area contributed by atoms with Crippen molar-refractivity contribution in [2.24, 2.45) is 0 Å². The molecule has 1 aliphatic carbocycles. The number of hydrogen-bond acceptors (Lipinski definition) is 2. The Balaban J connectivity index is 1.58. The molecule has 1 atom stereocenters. The van der Waals surface area contributed by atoms with E-state index >= 15 is 0 Å². The lowest BCUT2D eigenvalue weighted by Gasteiger charge is -2.24. The van der Waals surface area contributed by atoms with Gasteiger partial charge in [0.15, 0.2) is 11.6 Å². The molecule has 4 rings (SSSR count). The SMILES string of the molecule is C=C1CCC(c2ccc(-c3cnn(C4CCCCO4)c3)c(F)c2F)CC1. The summed E-state index contributed by atoms with van der Waals surface area (Å²) in [7, 11) is 0. The molecule has 0 amide bonds. The summed E-state index contributed by atoms with van der Waals surface area (Å²) in [4.78, 5) is 0. The van der Waals surface area contributed by atoms with Crippen molar-refractivity contribution in [3.05, 3.63) is 53.9 Å². The van der Waals surface area contributed by atoms with E-state index in [0.717, 1.165) is 44.9 Å². The average molecular weight is 358 g/mol. The molecule has 2 fully saturated rings. The van der Waals surface area contributed by atoms with Gasteiger partial charge in [-0.3, -0.25) is 0 Å². The van der Waals surface area contributed by atoms with Crippen LogP contribution in [0.15, 0.2) is 36.7 Å². The predicted octanol–water partition coefficient (Wildman–Crippen LogP) is 5.74. The van der Waals surface area contributed by atoms with Crippen LogP contribution in [0.4, 0.5) is 8.78 Å². The van der Waals surface area contributed by atoms with Crippen LogP contribution in [0.2, 0.25) is 0 Å². The van der Waals surface area contributed by atoms with E-state index in [1.807, 2.05) is 0 Å². The number of benzene rings is 1. The van der Waals surface area contributed by atoms with Crippen LogP contribution < -0.4 is 0 Å². The van der Waals surface area contributed by atoms with E-state index < -0.39 is 11.6 Å². The van der Waals surface area contributed by atoms with Gasteiger partial charge >= 0.3 is 0 Å². The van der Waals surface area contributed by atoms with Gasteiger partial charge in [-0.1, -0.05) is 24.3 Å². The summed E-state index contributed by atoms with van der Waals surface area (Å²) in [5.74, 6) is -1.43. The first-order chi connectivity index (χ1) is 12.6. The zero-order valence-electron chi connectivity index (χ0n) is 14.9. The first-order valence-corrected chi connectivity index (χ1v) is 9.44. The minimum absolute atomic E-state index is 0.0717. The van der Waals surface area contributed by atoms with Crippen LogP contribution >= 0.6 is 0 Å². The Hall–Kier alpha value is -2.01. The highest BCUT2D eigenvalue weighted by atomic mass is 19.2. The quantitative estimate of drug-likeness (QED) is 0.654. The highest BCUT2D eigenvalue weighted by Crippen LogP contribution is 2.38. The van der Waals surface area contributed by atoms with Crippen LogP contribution in [0.3, 0.4) is 0 Å². The van der Waals surface area contributed by atoms with Gasteiger partial charge in [-0.05, 0) is 56.4 Å². The summed E-state index contributed by atoms with van der Waals surface area (Å²) >= 11 is 0.